The zero-order valence-electron chi connectivity index (χ0n) is 12.2. The second-order valence-corrected chi connectivity index (χ2v) is 7.55. The Labute approximate surface area is 126 Å². The maximum atomic E-state index is 13.0. The average molecular weight is 325 g/mol. The first kappa shape index (κ1) is 19.3. The first-order chi connectivity index (χ1) is 8.60. The van der Waals surface area contributed by atoms with E-state index in [9.17, 15) is 12.8 Å². The molecule has 4 nitrogen and oxygen atoms in total. The summed E-state index contributed by atoms with van der Waals surface area (Å²) in [5, 5.41) is 0. The van der Waals surface area contributed by atoms with E-state index in [0.29, 0.717) is 18.7 Å². The largest absolute Gasteiger partial charge is 0.330 e. The second kappa shape index (κ2) is 6.85. The predicted molar refractivity (Wildman–Crippen MR) is 81.0 cm³/mol. The highest BCUT2D eigenvalue weighted by Crippen LogP contribution is 2.23. The Morgan fingerprint density at radius 1 is 1.35 bits per heavy atom. The molecule has 0 aromatic heterocycles. The first-order valence-electron chi connectivity index (χ1n) is 6.03. The number of rotatable bonds is 5. The third-order valence-electron chi connectivity index (χ3n) is 3.03. The standard InChI is InChI=1S/C13H21FN2O2S.ClH/c1-10-7-11(14)5-6-12(10)19(17,18)16(4)9-13(2,3)8-15;/h5-7H,8-9,15H2,1-4H3;1H. The van der Waals surface area contributed by atoms with E-state index in [4.69, 9.17) is 5.73 Å². The normalized spacial score (nSPS) is 12.3. The number of hydrogen-bond donors (Lipinski definition) is 1. The van der Waals surface area contributed by atoms with Crippen LogP contribution in [-0.4, -0.2) is 32.9 Å². The average Bonchev–Trinajstić information content (AvgIpc) is 2.27. The lowest BCUT2D eigenvalue weighted by Crippen LogP contribution is -2.39. The Hall–Kier alpha value is -0.690. The van der Waals surface area contributed by atoms with Crippen LogP contribution in [0.2, 0.25) is 0 Å². The lowest BCUT2D eigenvalue weighted by Gasteiger charge is -2.28. The van der Waals surface area contributed by atoms with Crippen LogP contribution >= 0.6 is 12.4 Å². The molecule has 0 heterocycles. The number of nitrogens with zero attached hydrogens (tertiary/aromatic N) is 1. The molecule has 0 aliphatic heterocycles. The minimum Gasteiger partial charge on any atom is -0.330 e. The van der Waals surface area contributed by atoms with Crippen molar-refractivity contribution in [2.24, 2.45) is 11.1 Å². The molecule has 2 N–H and O–H groups in total. The van der Waals surface area contributed by atoms with Crippen LogP contribution in [0.4, 0.5) is 4.39 Å². The van der Waals surface area contributed by atoms with Gasteiger partial charge in [-0.25, -0.2) is 17.1 Å². The van der Waals surface area contributed by atoms with Crippen molar-refractivity contribution in [3.05, 3.63) is 29.6 Å². The van der Waals surface area contributed by atoms with Gasteiger partial charge in [0.25, 0.3) is 0 Å². The molecule has 0 spiro atoms. The second-order valence-electron chi connectivity index (χ2n) is 5.54. The summed E-state index contributed by atoms with van der Waals surface area (Å²) < 4.78 is 39.1. The van der Waals surface area contributed by atoms with Crippen LogP contribution in [0.25, 0.3) is 0 Å². The highest BCUT2D eigenvalue weighted by molar-refractivity contribution is 7.89. The smallest absolute Gasteiger partial charge is 0.243 e. The van der Waals surface area contributed by atoms with Gasteiger partial charge in [0.2, 0.25) is 10.0 Å². The van der Waals surface area contributed by atoms with Crippen LogP contribution in [0.3, 0.4) is 0 Å². The molecule has 1 rings (SSSR count). The van der Waals surface area contributed by atoms with Crippen LogP contribution < -0.4 is 5.73 Å². The number of benzene rings is 1. The monoisotopic (exact) mass is 324 g/mol. The van der Waals surface area contributed by atoms with Crippen molar-refractivity contribution < 1.29 is 12.8 Å². The Bertz CT molecular complexity index is 561. The van der Waals surface area contributed by atoms with Crippen LogP contribution in [0.1, 0.15) is 19.4 Å². The summed E-state index contributed by atoms with van der Waals surface area (Å²) in [6.45, 7) is 6.07. The summed E-state index contributed by atoms with van der Waals surface area (Å²) >= 11 is 0. The third-order valence-corrected chi connectivity index (χ3v) is 4.99. The molecule has 0 saturated heterocycles. The van der Waals surface area contributed by atoms with Gasteiger partial charge in [0.1, 0.15) is 5.82 Å². The van der Waals surface area contributed by atoms with Gasteiger partial charge in [0.15, 0.2) is 0 Å². The number of halogens is 2. The van der Waals surface area contributed by atoms with Crippen molar-refractivity contribution in [1.82, 2.24) is 4.31 Å². The van der Waals surface area contributed by atoms with Crippen LogP contribution in [0.5, 0.6) is 0 Å². The van der Waals surface area contributed by atoms with E-state index in [0.717, 1.165) is 6.07 Å². The van der Waals surface area contributed by atoms with Crippen LogP contribution in [0, 0.1) is 18.2 Å². The highest BCUT2D eigenvalue weighted by atomic mass is 35.5. The molecule has 1 aromatic rings. The first-order valence-corrected chi connectivity index (χ1v) is 7.47. The minimum atomic E-state index is -3.62. The molecule has 0 unspecified atom stereocenters. The van der Waals surface area contributed by atoms with E-state index in [2.05, 4.69) is 0 Å². The van der Waals surface area contributed by atoms with Crippen LogP contribution in [0.15, 0.2) is 23.1 Å². The van der Waals surface area contributed by atoms with E-state index in [1.807, 2.05) is 13.8 Å². The lowest BCUT2D eigenvalue weighted by atomic mass is 9.94. The quantitative estimate of drug-likeness (QED) is 0.902. The Balaban J connectivity index is 0.00000361. The molecular formula is C13H22ClFN2O2S. The van der Waals surface area contributed by atoms with Crippen molar-refractivity contribution in [2.75, 3.05) is 20.1 Å². The fraction of sp³-hybridized carbons (Fsp3) is 0.538. The SMILES string of the molecule is Cc1cc(F)ccc1S(=O)(=O)N(C)CC(C)(C)CN.Cl. The fourth-order valence-corrected chi connectivity index (χ4v) is 3.38. The van der Waals surface area contributed by atoms with E-state index in [1.165, 1.54) is 23.5 Å². The fourth-order valence-electron chi connectivity index (χ4n) is 1.82. The van der Waals surface area contributed by atoms with Crippen molar-refractivity contribution in [3.63, 3.8) is 0 Å². The van der Waals surface area contributed by atoms with Gasteiger partial charge < -0.3 is 5.73 Å². The maximum absolute atomic E-state index is 13.0. The minimum absolute atomic E-state index is 0. The van der Waals surface area contributed by atoms with Gasteiger partial charge in [0.05, 0.1) is 4.90 Å². The predicted octanol–water partition coefficient (Wildman–Crippen LogP) is 2.16. The number of aryl methyl sites for hydroxylation is 1. The van der Waals surface area contributed by atoms with Gasteiger partial charge in [-0.1, -0.05) is 13.8 Å². The molecule has 0 atom stereocenters. The molecule has 0 amide bonds. The molecule has 0 radical (unpaired) electrons. The van der Waals surface area contributed by atoms with E-state index in [-0.39, 0.29) is 22.7 Å². The zero-order valence-corrected chi connectivity index (χ0v) is 13.8. The zero-order chi connectivity index (χ0) is 14.8. The lowest BCUT2D eigenvalue weighted by molar-refractivity contribution is 0.292. The van der Waals surface area contributed by atoms with E-state index in [1.54, 1.807) is 6.92 Å². The molecule has 116 valence electrons. The molecule has 0 aliphatic rings. The van der Waals surface area contributed by atoms with Crippen molar-refractivity contribution in [3.8, 4) is 0 Å². The molecule has 0 bridgehead atoms. The number of nitrogens with two attached hydrogens (primary N) is 1. The molecule has 0 aliphatic carbocycles. The number of hydrogen-bond acceptors (Lipinski definition) is 3. The van der Waals surface area contributed by atoms with Gasteiger partial charge in [0, 0.05) is 13.6 Å². The molecule has 1 aromatic carbocycles. The van der Waals surface area contributed by atoms with Gasteiger partial charge in [-0.3, -0.25) is 0 Å². The molecule has 0 saturated carbocycles. The third kappa shape index (κ3) is 4.41. The summed E-state index contributed by atoms with van der Waals surface area (Å²) in [5.74, 6) is -0.443. The van der Waals surface area contributed by atoms with Gasteiger partial charge in [-0.2, -0.15) is 0 Å². The highest BCUT2D eigenvalue weighted by Gasteiger charge is 2.28. The van der Waals surface area contributed by atoms with Gasteiger partial charge >= 0.3 is 0 Å². The summed E-state index contributed by atoms with van der Waals surface area (Å²) in [6, 6.07) is 3.67. The Kier molecular flexibility index (Phi) is 6.61. The van der Waals surface area contributed by atoms with E-state index >= 15 is 0 Å². The topological polar surface area (TPSA) is 63.4 Å². The molecule has 7 heteroatoms. The molecule has 20 heavy (non-hydrogen) atoms. The van der Waals surface area contributed by atoms with Crippen molar-refractivity contribution in [1.29, 1.82) is 0 Å². The van der Waals surface area contributed by atoms with Crippen molar-refractivity contribution >= 4 is 22.4 Å². The maximum Gasteiger partial charge on any atom is 0.243 e. The Morgan fingerprint density at radius 2 is 1.90 bits per heavy atom. The Morgan fingerprint density at radius 3 is 2.35 bits per heavy atom. The summed E-state index contributed by atoms with van der Waals surface area (Å²) in [6.07, 6.45) is 0. The summed E-state index contributed by atoms with van der Waals surface area (Å²) in [4.78, 5) is 0.129. The van der Waals surface area contributed by atoms with E-state index < -0.39 is 15.8 Å². The molecule has 0 fully saturated rings. The summed E-state index contributed by atoms with van der Waals surface area (Å²) in [5.41, 5.74) is 5.71. The van der Waals surface area contributed by atoms with Gasteiger partial charge in [-0.15, -0.1) is 12.4 Å². The van der Waals surface area contributed by atoms with Crippen molar-refractivity contribution in [2.45, 2.75) is 25.7 Å². The van der Waals surface area contributed by atoms with Gasteiger partial charge in [-0.05, 0) is 42.6 Å². The van der Waals surface area contributed by atoms with Crippen LogP contribution in [-0.2, 0) is 10.0 Å². The molecular weight excluding hydrogens is 303 g/mol. The number of sulfonamides is 1. The summed E-state index contributed by atoms with van der Waals surface area (Å²) in [7, 11) is -2.11.